The van der Waals surface area contributed by atoms with E-state index in [0.717, 1.165) is 5.56 Å². The second-order valence-corrected chi connectivity index (χ2v) is 8.65. The van der Waals surface area contributed by atoms with Crippen molar-refractivity contribution in [1.29, 1.82) is 0 Å². The third-order valence-corrected chi connectivity index (χ3v) is 6.99. The molecule has 0 saturated heterocycles. The van der Waals surface area contributed by atoms with Crippen molar-refractivity contribution in [2.45, 2.75) is 30.0 Å². The van der Waals surface area contributed by atoms with Gasteiger partial charge in [0.25, 0.3) is 0 Å². The van der Waals surface area contributed by atoms with E-state index in [1.165, 1.54) is 10.4 Å². The first kappa shape index (κ1) is 18.6. The van der Waals surface area contributed by atoms with Crippen molar-refractivity contribution >= 4 is 10.0 Å². The average molecular weight is 396 g/mol. The third kappa shape index (κ3) is 3.28. The van der Waals surface area contributed by atoms with Gasteiger partial charge in [0.15, 0.2) is 0 Å². The fourth-order valence-electron chi connectivity index (χ4n) is 3.63. The predicted molar refractivity (Wildman–Crippen MR) is 104 cm³/mol. The lowest BCUT2D eigenvalue weighted by Gasteiger charge is -2.39. The van der Waals surface area contributed by atoms with Crippen molar-refractivity contribution in [1.82, 2.24) is 9.29 Å². The minimum Gasteiger partial charge on any atom is -0.508 e. The van der Waals surface area contributed by atoms with E-state index in [1.807, 2.05) is 0 Å². The molecule has 6 nitrogen and oxygen atoms in total. The lowest BCUT2D eigenvalue weighted by Crippen LogP contribution is -2.48. The Kier molecular flexibility index (Phi) is 4.89. The molecule has 7 heteroatoms. The van der Waals surface area contributed by atoms with Crippen LogP contribution in [0.15, 0.2) is 78.0 Å². The van der Waals surface area contributed by atoms with Crippen LogP contribution in [0.25, 0.3) is 0 Å². The summed E-state index contributed by atoms with van der Waals surface area (Å²) in [6.07, 6.45) is 2.40. The molecular weight excluding hydrogens is 376 g/mol. The molecule has 2 heterocycles. The largest absolute Gasteiger partial charge is 0.508 e. The predicted octanol–water partition coefficient (Wildman–Crippen LogP) is 2.64. The van der Waals surface area contributed by atoms with Gasteiger partial charge in [-0.25, -0.2) is 8.42 Å². The van der Waals surface area contributed by atoms with Crippen LogP contribution in [0.2, 0.25) is 0 Å². The molecule has 1 aliphatic rings. The maximum absolute atomic E-state index is 13.4. The monoisotopic (exact) mass is 396 g/mol. The molecule has 0 bridgehead atoms. The summed E-state index contributed by atoms with van der Waals surface area (Å²) in [5, 5.41) is 21.2. The Morgan fingerprint density at radius 3 is 2.50 bits per heavy atom. The number of benzene rings is 2. The molecule has 2 aromatic carbocycles. The summed E-state index contributed by atoms with van der Waals surface area (Å²) in [5.41, 5.74) is 1.68. The molecule has 3 aromatic rings. The molecule has 0 fully saturated rings. The Bertz CT molecular complexity index is 1090. The second kappa shape index (κ2) is 7.35. The smallest absolute Gasteiger partial charge is 0.244 e. The quantitative estimate of drug-likeness (QED) is 0.708. The number of aliphatic hydroxyl groups is 1. The average Bonchev–Trinajstić information content (AvgIpc) is 2.71. The Hall–Kier alpha value is -2.74. The Morgan fingerprint density at radius 2 is 1.75 bits per heavy atom. The van der Waals surface area contributed by atoms with E-state index >= 15 is 0 Å². The molecule has 1 aromatic heterocycles. The van der Waals surface area contributed by atoms with Gasteiger partial charge in [0, 0.05) is 24.5 Å². The summed E-state index contributed by atoms with van der Waals surface area (Å²) >= 11 is 0. The normalized spacial score (nSPS) is 21.2. The molecular formula is C21H20N2O4S. The molecule has 0 saturated carbocycles. The summed E-state index contributed by atoms with van der Waals surface area (Å²) in [6.45, 7) is 0.0832. The van der Waals surface area contributed by atoms with E-state index < -0.39 is 22.2 Å². The summed E-state index contributed by atoms with van der Waals surface area (Å²) in [7, 11) is -3.83. The highest BCUT2D eigenvalue weighted by molar-refractivity contribution is 7.89. The molecule has 1 aliphatic heterocycles. The van der Waals surface area contributed by atoms with Crippen LogP contribution in [0.1, 0.15) is 22.8 Å². The van der Waals surface area contributed by atoms with Crippen molar-refractivity contribution < 1.29 is 18.6 Å². The van der Waals surface area contributed by atoms with Crippen molar-refractivity contribution in [3.8, 4) is 5.75 Å². The molecule has 28 heavy (non-hydrogen) atoms. The van der Waals surface area contributed by atoms with Crippen LogP contribution in [-0.2, 0) is 23.0 Å². The number of hydrogen-bond donors (Lipinski definition) is 2. The number of fused-ring (bicyclic) bond motifs is 1. The number of aliphatic hydroxyl groups excluding tert-OH is 1. The third-order valence-electron chi connectivity index (χ3n) is 5.04. The number of phenols is 1. The van der Waals surface area contributed by atoms with Gasteiger partial charge in [0.2, 0.25) is 10.0 Å². The molecule has 0 spiro atoms. The zero-order valence-corrected chi connectivity index (χ0v) is 15.8. The van der Waals surface area contributed by atoms with E-state index in [2.05, 4.69) is 4.98 Å². The number of aromatic nitrogens is 1. The molecule has 0 aliphatic carbocycles. The summed E-state index contributed by atoms with van der Waals surface area (Å²) < 4.78 is 28.1. The minimum absolute atomic E-state index is 0.0762. The molecule has 2 unspecified atom stereocenters. The Morgan fingerprint density at radius 1 is 1.00 bits per heavy atom. The first-order chi connectivity index (χ1) is 13.5. The van der Waals surface area contributed by atoms with Gasteiger partial charge in [-0.2, -0.15) is 4.31 Å². The number of para-hydroxylation sites is 1. The van der Waals surface area contributed by atoms with Gasteiger partial charge in [-0.1, -0.05) is 42.5 Å². The second-order valence-electron chi connectivity index (χ2n) is 6.79. The standard InChI is InChI=1S/C21H20N2O4S/c24-19-9-3-1-7-16(19)12-18-21(25)17-8-2-4-10-20(17)28(26,27)23(18)14-15-6-5-11-22-13-15/h1-11,13,18,21,24-25H,12,14H2. The fraction of sp³-hybridized carbons (Fsp3) is 0.190. The van der Waals surface area contributed by atoms with Gasteiger partial charge < -0.3 is 10.2 Å². The van der Waals surface area contributed by atoms with E-state index in [0.29, 0.717) is 11.1 Å². The number of phenolic OH excluding ortho intramolecular Hbond substituents is 1. The molecule has 2 N–H and O–H groups in total. The van der Waals surface area contributed by atoms with Crippen molar-refractivity contribution in [2.24, 2.45) is 0 Å². The van der Waals surface area contributed by atoms with Crippen LogP contribution in [0.4, 0.5) is 0 Å². The molecule has 4 rings (SSSR count). The van der Waals surface area contributed by atoms with E-state index in [1.54, 1.807) is 67.0 Å². The summed E-state index contributed by atoms with van der Waals surface area (Å²) in [4.78, 5) is 4.17. The van der Waals surface area contributed by atoms with Crippen LogP contribution < -0.4 is 0 Å². The van der Waals surface area contributed by atoms with Crippen LogP contribution in [0, 0.1) is 0 Å². The number of nitrogens with zero attached hydrogens (tertiary/aromatic N) is 2. The molecule has 2 atom stereocenters. The fourth-order valence-corrected chi connectivity index (χ4v) is 5.48. The minimum atomic E-state index is -3.83. The number of sulfonamides is 1. The maximum atomic E-state index is 13.4. The van der Waals surface area contributed by atoms with Gasteiger partial charge in [0.05, 0.1) is 17.0 Å². The number of hydrogen-bond acceptors (Lipinski definition) is 5. The topological polar surface area (TPSA) is 90.7 Å². The number of rotatable bonds is 4. The van der Waals surface area contributed by atoms with Gasteiger partial charge in [-0.05, 0) is 35.7 Å². The van der Waals surface area contributed by atoms with Crippen LogP contribution in [-0.4, -0.2) is 34.0 Å². The van der Waals surface area contributed by atoms with E-state index in [4.69, 9.17) is 0 Å². The van der Waals surface area contributed by atoms with E-state index in [9.17, 15) is 18.6 Å². The zero-order chi connectivity index (χ0) is 19.7. The first-order valence-corrected chi connectivity index (χ1v) is 10.4. The summed E-state index contributed by atoms with van der Waals surface area (Å²) in [5.74, 6) is 0.0762. The van der Waals surface area contributed by atoms with Crippen molar-refractivity contribution in [3.05, 3.63) is 89.7 Å². The van der Waals surface area contributed by atoms with Crippen LogP contribution in [0.3, 0.4) is 0 Å². The molecule has 0 radical (unpaired) electrons. The highest BCUT2D eigenvalue weighted by Gasteiger charge is 2.43. The highest BCUT2D eigenvalue weighted by Crippen LogP contribution is 2.39. The SMILES string of the molecule is O=S1(=O)c2ccccc2C(O)C(Cc2ccccc2O)N1Cc1cccnc1. The molecule has 144 valence electrons. The van der Waals surface area contributed by atoms with E-state index in [-0.39, 0.29) is 23.6 Å². The van der Waals surface area contributed by atoms with Crippen molar-refractivity contribution in [3.63, 3.8) is 0 Å². The first-order valence-electron chi connectivity index (χ1n) is 8.93. The Labute approximate surface area is 163 Å². The van der Waals surface area contributed by atoms with Gasteiger partial charge >= 0.3 is 0 Å². The zero-order valence-electron chi connectivity index (χ0n) is 15.0. The van der Waals surface area contributed by atoms with Gasteiger partial charge in [-0.15, -0.1) is 0 Å². The van der Waals surface area contributed by atoms with Crippen LogP contribution in [0.5, 0.6) is 5.75 Å². The van der Waals surface area contributed by atoms with Crippen LogP contribution >= 0.6 is 0 Å². The Balaban J connectivity index is 1.81. The lowest BCUT2D eigenvalue weighted by atomic mass is 9.95. The summed E-state index contributed by atoms with van der Waals surface area (Å²) in [6, 6.07) is 16.1. The van der Waals surface area contributed by atoms with Gasteiger partial charge in [0.1, 0.15) is 5.75 Å². The molecule has 0 amide bonds. The number of aromatic hydroxyl groups is 1. The lowest BCUT2D eigenvalue weighted by molar-refractivity contribution is 0.0766. The highest BCUT2D eigenvalue weighted by atomic mass is 32.2. The van der Waals surface area contributed by atoms with Crippen molar-refractivity contribution in [2.75, 3.05) is 0 Å². The van der Waals surface area contributed by atoms with Gasteiger partial charge in [-0.3, -0.25) is 4.98 Å². The number of pyridine rings is 1. The maximum Gasteiger partial charge on any atom is 0.244 e.